The van der Waals surface area contributed by atoms with Gasteiger partial charge in [0, 0.05) is 12.4 Å². The number of carbonyl (C=O) groups is 1. The van der Waals surface area contributed by atoms with Gasteiger partial charge >= 0.3 is 0 Å². The maximum absolute atomic E-state index is 12.4. The standard InChI is InChI=1S/C19H22N6O3.ClH/c1-27-15-6-3-2-5-14(15)22-17(26)13-16-23-18(28-24-16)19(7-10-20-11-8-19)25-12-4-9-21-25;/h2-6,9,12,20H,7-8,10-11,13H2,1H3,(H,22,26);1H. The topological polar surface area (TPSA) is 107 Å². The highest BCUT2D eigenvalue weighted by Crippen LogP contribution is 2.33. The van der Waals surface area contributed by atoms with Crippen molar-refractivity contribution in [3.63, 3.8) is 0 Å². The van der Waals surface area contributed by atoms with Crippen molar-refractivity contribution in [2.75, 3.05) is 25.5 Å². The van der Waals surface area contributed by atoms with Crippen molar-refractivity contribution >= 4 is 24.0 Å². The number of aromatic nitrogens is 4. The van der Waals surface area contributed by atoms with Crippen LogP contribution in [0.15, 0.2) is 47.2 Å². The first kappa shape index (κ1) is 20.8. The number of rotatable bonds is 6. The smallest absolute Gasteiger partial charge is 0.254 e. The van der Waals surface area contributed by atoms with Gasteiger partial charge in [-0.1, -0.05) is 17.3 Å². The number of hydrogen-bond donors (Lipinski definition) is 2. The monoisotopic (exact) mass is 418 g/mol. The zero-order chi connectivity index (χ0) is 19.4. The first-order valence-electron chi connectivity index (χ1n) is 9.18. The van der Waals surface area contributed by atoms with E-state index in [4.69, 9.17) is 9.26 Å². The lowest BCUT2D eigenvalue weighted by atomic mass is 9.88. The Kier molecular flexibility index (Phi) is 6.50. The molecule has 0 atom stereocenters. The van der Waals surface area contributed by atoms with E-state index in [1.165, 1.54) is 0 Å². The van der Waals surface area contributed by atoms with Gasteiger partial charge in [0.25, 0.3) is 5.89 Å². The van der Waals surface area contributed by atoms with Crippen molar-refractivity contribution in [3.05, 3.63) is 54.4 Å². The third-order valence-electron chi connectivity index (χ3n) is 4.94. The zero-order valence-electron chi connectivity index (χ0n) is 16.0. The Bertz CT molecular complexity index is 937. The summed E-state index contributed by atoms with van der Waals surface area (Å²) < 4.78 is 12.7. The number of piperidine rings is 1. The van der Waals surface area contributed by atoms with Crippen molar-refractivity contribution in [1.82, 2.24) is 25.2 Å². The average Bonchev–Trinajstić information content (AvgIpc) is 3.42. The quantitative estimate of drug-likeness (QED) is 0.630. The summed E-state index contributed by atoms with van der Waals surface area (Å²) in [4.78, 5) is 17.0. The molecule has 1 fully saturated rings. The van der Waals surface area contributed by atoms with E-state index in [0.29, 0.717) is 23.2 Å². The van der Waals surface area contributed by atoms with Gasteiger partial charge in [-0.25, -0.2) is 0 Å². The van der Waals surface area contributed by atoms with Crippen LogP contribution in [-0.2, 0) is 16.8 Å². The van der Waals surface area contributed by atoms with E-state index >= 15 is 0 Å². The van der Waals surface area contributed by atoms with E-state index < -0.39 is 5.54 Å². The first-order valence-corrected chi connectivity index (χ1v) is 9.18. The molecule has 0 saturated carbocycles. The van der Waals surface area contributed by atoms with Gasteiger partial charge in [-0.3, -0.25) is 9.48 Å². The molecule has 1 aliphatic heterocycles. The molecule has 0 spiro atoms. The van der Waals surface area contributed by atoms with Crippen molar-refractivity contribution < 1.29 is 14.1 Å². The second-order valence-corrected chi connectivity index (χ2v) is 6.67. The van der Waals surface area contributed by atoms with Crippen LogP contribution in [0.2, 0.25) is 0 Å². The van der Waals surface area contributed by atoms with Gasteiger partial charge in [0.15, 0.2) is 5.82 Å². The molecule has 0 unspecified atom stereocenters. The summed E-state index contributed by atoms with van der Waals surface area (Å²) in [6.45, 7) is 1.65. The van der Waals surface area contributed by atoms with Crippen LogP contribution in [0.4, 0.5) is 5.69 Å². The number of anilines is 1. The number of benzene rings is 1. The molecule has 10 heteroatoms. The number of carbonyl (C=O) groups excluding carboxylic acids is 1. The van der Waals surface area contributed by atoms with Crippen molar-refractivity contribution in [2.24, 2.45) is 0 Å². The first-order chi connectivity index (χ1) is 13.7. The predicted molar refractivity (Wildman–Crippen MR) is 108 cm³/mol. The van der Waals surface area contributed by atoms with E-state index in [-0.39, 0.29) is 24.7 Å². The molecule has 0 bridgehead atoms. The largest absolute Gasteiger partial charge is 0.495 e. The van der Waals surface area contributed by atoms with E-state index in [1.54, 1.807) is 25.4 Å². The number of halogens is 1. The number of nitrogens with one attached hydrogen (secondary N) is 2. The number of methoxy groups -OCH3 is 1. The highest BCUT2D eigenvalue weighted by atomic mass is 35.5. The van der Waals surface area contributed by atoms with Gasteiger partial charge in [0.2, 0.25) is 5.91 Å². The lowest BCUT2D eigenvalue weighted by Crippen LogP contribution is -2.45. The van der Waals surface area contributed by atoms with Gasteiger partial charge in [-0.2, -0.15) is 10.1 Å². The third-order valence-corrected chi connectivity index (χ3v) is 4.94. The minimum Gasteiger partial charge on any atom is -0.495 e. The third kappa shape index (κ3) is 4.25. The van der Waals surface area contributed by atoms with E-state index in [1.807, 2.05) is 29.1 Å². The van der Waals surface area contributed by atoms with Crippen LogP contribution < -0.4 is 15.4 Å². The molecule has 1 aliphatic rings. The minimum atomic E-state index is -0.487. The van der Waals surface area contributed by atoms with Crippen molar-refractivity contribution in [3.8, 4) is 5.75 Å². The molecule has 1 amide bonds. The normalized spacial score (nSPS) is 15.3. The summed E-state index contributed by atoms with van der Waals surface area (Å²) in [6.07, 6.45) is 5.22. The Morgan fingerprint density at radius 3 is 2.83 bits per heavy atom. The Labute approximate surface area is 174 Å². The van der Waals surface area contributed by atoms with Gasteiger partial charge in [0.05, 0.1) is 19.2 Å². The fourth-order valence-electron chi connectivity index (χ4n) is 3.50. The second kappa shape index (κ2) is 9.06. The van der Waals surface area contributed by atoms with Crippen LogP contribution >= 0.6 is 12.4 Å². The number of para-hydroxylation sites is 2. The Morgan fingerprint density at radius 2 is 2.10 bits per heavy atom. The summed E-state index contributed by atoms with van der Waals surface area (Å²) in [5.74, 6) is 1.18. The molecular weight excluding hydrogens is 396 g/mol. The van der Waals surface area contributed by atoms with Crippen LogP contribution in [0, 0.1) is 0 Å². The molecule has 2 aromatic heterocycles. The average molecular weight is 419 g/mol. The maximum Gasteiger partial charge on any atom is 0.254 e. The molecule has 2 N–H and O–H groups in total. The Morgan fingerprint density at radius 1 is 1.31 bits per heavy atom. The van der Waals surface area contributed by atoms with E-state index in [9.17, 15) is 4.79 Å². The number of ether oxygens (including phenoxy) is 1. The van der Waals surface area contributed by atoms with Gasteiger partial charge < -0.3 is 19.9 Å². The molecular formula is C19H23ClN6O3. The Balaban J connectivity index is 0.00000240. The number of hydrogen-bond acceptors (Lipinski definition) is 7. The van der Waals surface area contributed by atoms with E-state index in [2.05, 4.69) is 25.9 Å². The molecule has 29 heavy (non-hydrogen) atoms. The van der Waals surface area contributed by atoms with Crippen LogP contribution in [0.25, 0.3) is 0 Å². The summed E-state index contributed by atoms with van der Waals surface area (Å²) >= 11 is 0. The van der Waals surface area contributed by atoms with Crippen LogP contribution in [0.1, 0.15) is 24.6 Å². The van der Waals surface area contributed by atoms with Gasteiger partial charge in [-0.15, -0.1) is 12.4 Å². The molecule has 154 valence electrons. The molecule has 1 saturated heterocycles. The number of amides is 1. The fourth-order valence-corrected chi connectivity index (χ4v) is 3.50. The van der Waals surface area contributed by atoms with Crippen LogP contribution in [0.3, 0.4) is 0 Å². The van der Waals surface area contributed by atoms with Crippen molar-refractivity contribution in [1.29, 1.82) is 0 Å². The summed E-state index contributed by atoms with van der Waals surface area (Å²) in [5, 5.41) is 14.6. The SMILES string of the molecule is COc1ccccc1NC(=O)Cc1noc(C2(n3cccn3)CCNCC2)n1.Cl. The van der Waals surface area contributed by atoms with Crippen LogP contribution in [-0.4, -0.2) is 46.0 Å². The number of nitrogens with zero attached hydrogens (tertiary/aromatic N) is 4. The molecule has 1 aromatic carbocycles. The lowest BCUT2D eigenvalue weighted by Gasteiger charge is -2.34. The predicted octanol–water partition coefficient (Wildman–Crippen LogP) is 2.00. The zero-order valence-corrected chi connectivity index (χ0v) is 16.8. The second-order valence-electron chi connectivity index (χ2n) is 6.67. The van der Waals surface area contributed by atoms with Gasteiger partial charge in [-0.05, 0) is 44.1 Å². The van der Waals surface area contributed by atoms with Gasteiger partial charge in [0.1, 0.15) is 11.3 Å². The molecule has 4 rings (SSSR count). The molecule has 0 aliphatic carbocycles. The van der Waals surface area contributed by atoms with Crippen LogP contribution in [0.5, 0.6) is 5.75 Å². The molecule has 3 aromatic rings. The Hall–Kier alpha value is -2.91. The summed E-state index contributed by atoms with van der Waals surface area (Å²) in [7, 11) is 1.56. The van der Waals surface area contributed by atoms with Crippen molar-refractivity contribution in [2.45, 2.75) is 24.8 Å². The highest BCUT2D eigenvalue weighted by molar-refractivity contribution is 5.93. The lowest BCUT2D eigenvalue weighted by molar-refractivity contribution is -0.115. The molecule has 9 nitrogen and oxygen atoms in total. The highest BCUT2D eigenvalue weighted by Gasteiger charge is 2.41. The summed E-state index contributed by atoms with van der Waals surface area (Å²) in [6, 6.07) is 9.11. The minimum absolute atomic E-state index is 0. The maximum atomic E-state index is 12.4. The fraction of sp³-hybridized carbons (Fsp3) is 0.368. The molecule has 3 heterocycles. The summed E-state index contributed by atoms with van der Waals surface area (Å²) in [5.41, 5.74) is 0.115. The van der Waals surface area contributed by atoms with E-state index in [0.717, 1.165) is 25.9 Å². The molecule has 0 radical (unpaired) electrons.